The lowest BCUT2D eigenvalue weighted by molar-refractivity contribution is 0.305. The summed E-state index contributed by atoms with van der Waals surface area (Å²) in [6.45, 7) is 2.96. The molecule has 1 aromatic heterocycles. The van der Waals surface area contributed by atoms with Crippen molar-refractivity contribution in [3.63, 3.8) is 0 Å². The van der Waals surface area contributed by atoms with Crippen LogP contribution in [0.4, 0.5) is 6.01 Å². The van der Waals surface area contributed by atoms with Gasteiger partial charge in [0.2, 0.25) is 5.89 Å². The van der Waals surface area contributed by atoms with Crippen LogP contribution in [0.5, 0.6) is 5.75 Å². The van der Waals surface area contributed by atoms with Gasteiger partial charge in [0.1, 0.15) is 5.75 Å². The zero-order valence-corrected chi connectivity index (χ0v) is 11.1. The number of nitrogens with zero attached hydrogens (tertiary/aromatic N) is 2. The summed E-state index contributed by atoms with van der Waals surface area (Å²) in [5.41, 5.74) is 6.22. The molecule has 0 aliphatic heterocycles. The van der Waals surface area contributed by atoms with Gasteiger partial charge in [-0.2, -0.15) is 0 Å². The molecule has 0 atom stereocenters. The summed E-state index contributed by atoms with van der Waals surface area (Å²) in [6, 6.07) is 7.64. The van der Waals surface area contributed by atoms with Crippen molar-refractivity contribution in [2.75, 3.05) is 12.3 Å². The zero-order chi connectivity index (χ0) is 13.5. The fourth-order valence-corrected chi connectivity index (χ4v) is 1.76. The first-order chi connectivity index (χ1) is 9.29. The van der Waals surface area contributed by atoms with Crippen LogP contribution in [-0.2, 0) is 0 Å². The average molecular weight is 261 g/mol. The van der Waals surface area contributed by atoms with Crippen molar-refractivity contribution in [3.8, 4) is 17.2 Å². The second kappa shape index (κ2) is 6.78. The van der Waals surface area contributed by atoms with Crippen molar-refractivity contribution >= 4 is 6.01 Å². The minimum absolute atomic E-state index is 0.0752. The predicted octanol–water partition coefficient (Wildman–Crippen LogP) is 3.28. The Bertz CT molecular complexity index is 494. The Kier molecular flexibility index (Phi) is 4.78. The normalized spacial score (nSPS) is 10.6. The number of hydrogen-bond acceptors (Lipinski definition) is 5. The summed E-state index contributed by atoms with van der Waals surface area (Å²) in [5.74, 6) is 1.28. The zero-order valence-electron chi connectivity index (χ0n) is 11.1. The molecule has 0 fully saturated rings. The molecule has 1 aromatic carbocycles. The summed E-state index contributed by atoms with van der Waals surface area (Å²) in [6.07, 6.45) is 4.81. The average Bonchev–Trinajstić information content (AvgIpc) is 2.86. The smallest absolute Gasteiger partial charge is 0.313 e. The van der Waals surface area contributed by atoms with E-state index < -0.39 is 0 Å². The van der Waals surface area contributed by atoms with E-state index in [1.54, 1.807) is 0 Å². The number of nitrogen functional groups attached to an aromatic ring is 1. The summed E-state index contributed by atoms with van der Waals surface area (Å²) in [7, 11) is 0. The van der Waals surface area contributed by atoms with Crippen LogP contribution in [0, 0.1) is 0 Å². The van der Waals surface area contributed by atoms with Gasteiger partial charge in [0.15, 0.2) is 0 Å². The molecule has 0 aliphatic rings. The van der Waals surface area contributed by atoms with E-state index in [1.165, 1.54) is 19.3 Å². The molecule has 102 valence electrons. The van der Waals surface area contributed by atoms with E-state index in [2.05, 4.69) is 17.1 Å². The van der Waals surface area contributed by atoms with Gasteiger partial charge in [0, 0.05) is 5.56 Å². The molecule has 0 spiro atoms. The van der Waals surface area contributed by atoms with Crippen LogP contribution in [0.15, 0.2) is 28.7 Å². The standard InChI is InChI=1S/C14H19N3O2/c1-2-3-4-5-10-18-12-8-6-11(7-9-12)13-16-17-14(15)19-13/h6-9H,2-5,10H2,1H3,(H2,15,17). The molecule has 5 nitrogen and oxygen atoms in total. The van der Waals surface area contributed by atoms with Crippen molar-refractivity contribution in [2.24, 2.45) is 0 Å². The lowest BCUT2D eigenvalue weighted by Gasteiger charge is -2.05. The van der Waals surface area contributed by atoms with Crippen LogP contribution in [0.25, 0.3) is 11.5 Å². The Labute approximate surface area is 112 Å². The van der Waals surface area contributed by atoms with Crippen molar-refractivity contribution in [2.45, 2.75) is 32.6 Å². The van der Waals surface area contributed by atoms with Gasteiger partial charge in [-0.3, -0.25) is 0 Å². The molecular formula is C14H19N3O2. The second-order valence-electron chi connectivity index (χ2n) is 4.38. The summed E-state index contributed by atoms with van der Waals surface area (Å²) >= 11 is 0. The molecule has 0 saturated heterocycles. The summed E-state index contributed by atoms with van der Waals surface area (Å²) < 4.78 is 10.8. The fraction of sp³-hybridized carbons (Fsp3) is 0.429. The SMILES string of the molecule is CCCCCCOc1ccc(-c2nnc(N)o2)cc1. The molecule has 2 aromatic rings. The van der Waals surface area contributed by atoms with E-state index in [9.17, 15) is 0 Å². The Balaban J connectivity index is 1.85. The number of rotatable bonds is 7. The highest BCUT2D eigenvalue weighted by molar-refractivity contribution is 5.54. The Morgan fingerprint density at radius 3 is 2.53 bits per heavy atom. The van der Waals surface area contributed by atoms with E-state index in [4.69, 9.17) is 14.9 Å². The topological polar surface area (TPSA) is 74.2 Å². The monoisotopic (exact) mass is 261 g/mol. The molecule has 0 bridgehead atoms. The molecule has 0 aliphatic carbocycles. The van der Waals surface area contributed by atoms with Gasteiger partial charge in [-0.05, 0) is 30.7 Å². The number of hydrogen-bond donors (Lipinski definition) is 1. The third-order valence-corrected chi connectivity index (χ3v) is 2.81. The van der Waals surface area contributed by atoms with Gasteiger partial charge in [0.05, 0.1) is 6.61 Å². The number of nitrogens with two attached hydrogens (primary N) is 1. The Morgan fingerprint density at radius 2 is 1.89 bits per heavy atom. The van der Waals surface area contributed by atoms with Gasteiger partial charge >= 0.3 is 6.01 Å². The number of aromatic nitrogens is 2. The number of ether oxygens (including phenoxy) is 1. The summed E-state index contributed by atoms with van der Waals surface area (Å²) in [5, 5.41) is 7.45. The molecule has 2 rings (SSSR count). The molecule has 2 N–H and O–H groups in total. The molecule has 0 amide bonds. The first kappa shape index (κ1) is 13.4. The highest BCUT2D eigenvalue weighted by Crippen LogP contribution is 2.21. The van der Waals surface area contributed by atoms with Crippen molar-refractivity contribution in [1.29, 1.82) is 0 Å². The third-order valence-electron chi connectivity index (χ3n) is 2.81. The maximum absolute atomic E-state index is 5.66. The van der Waals surface area contributed by atoms with Gasteiger partial charge in [-0.25, -0.2) is 0 Å². The maximum Gasteiger partial charge on any atom is 0.313 e. The van der Waals surface area contributed by atoms with E-state index in [-0.39, 0.29) is 6.01 Å². The minimum atomic E-state index is 0.0752. The number of anilines is 1. The van der Waals surface area contributed by atoms with Crippen molar-refractivity contribution < 1.29 is 9.15 Å². The van der Waals surface area contributed by atoms with Crippen LogP contribution < -0.4 is 10.5 Å². The van der Waals surface area contributed by atoms with E-state index in [0.29, 0.717) is 5.89 Å². The van der Waals surface area contributed by atoms with Crippen molar-refractivity contribution in [1.82, 2.24) is 10.2 Å². The van der Waals surface area contributed by atoms with E-state index >= 15 is 0 Å². The first-order valence-electron chi connectivity index (χ1n) is 6.62. The van der Waals surface area contributed by atoms with Crippen LogP contribution in [-0.4, -0.2) is 16.8 Å². The Morgan fingerprint density at radius 1 is 1.11 bits per heavy atom. The van der Waals surface area contributed by atoms with Gasteiger partial charge in [-0.1, -0.05) is 31.3 Å². The van der Waals surface area contributed by atoms with Crippen LogP contribution in [0.1, 0.15) is 32.6 Å². The Hall–Kier alpha value is -2.04. The molecule has 1 heterocycles. The second-order valence-corrected chi connectivity index (χ2v) is 4.38. The van der Waals surface area contributed by atoms with Crippen LogP contribution >= 0.6 is 0 Å². The molecule has 0 radical (unpaired) electrons. The highest BCUT2D eigenvalue weighted by Gasteiger charge is 2.05. The highest BCUT2D eigenvalue weighted by atomic mass is 16.5. The fourth-order valence-electron chi connectivity index (χ4n) is 1.76. The molecule has 5 heteroatoms. The van der Waals surface area contributed by atoms with E-state index in [0.717, 1.165) is 24.3 Å². The number of benzene rings is 1. The first-order valence-corrected chi connectivity index (χ1v) is 6.62. The minimum Gasteiger partial charge on any atom is -0.494 e. The predicted molar refractivity (Wildman–Crippen MR) is 73.8 cm³/mol. The molecular weight excluding hydrogens is 242 g/mol. The van der Waals surface area contributed by atoms with Gasteiger partial charge in [-0.15, -0.1) is 5.10 Å². The van der Waals surface area contributed by atoms with Crippen molar-refractivity contribution in [3.05, 3.63) is 24.3 Å². The number of unbranched alkanes of at least 4 members (excludes halogenated alkanes) is 3. The quantitative estimate of drug-likeness (QED) is 0.774. The van der Waals surface area contributed by atoms with Crippen LogP contribution in [0.2, 0.25) is 0 Å². The lowest BCUT2D eigenvalue weighted by Crippen LogP contribution is -1.96. The van der Waals surface area contributed by atoms with Crippen LogP contribution in [0.3, 0.4) is 0 Å². The molecule has 19 heavy (non-hydrogen) atoms. The maximum atomic E-state index is 5.66. The molecule has 0 unspecified atom stereocenters. The van der Waals surface area contributed by atoms with Gasteiger partial charge in [0.25, 0.3) is 0 Å². The van der Waals surface area contributed by atoms with Gasteiger partial charge < -0.3 is 14.9 Å². The van der Waals surface area contributed by atoms with E-state index in [1.807, 2.05) is 24.3 Å². The molecule has 0 saturated carbocycles. The summed E-state index contributed by atoms with van der Waals surface area (Å²) in [4.78, 5) is 0. The third kappa shape index (κ3) is 3.98. The largest absolute Gasteiger partial charge is 0.494 e. The lowest BCUT2D eigenvalue weighted by atomic mass is 10.2.